The SMILES string of the molecule is CCCOc1ccc([C@](O)(CC)[C@@H](CN2CCOCC2)c2ccccc2)cc1. The lowest BCUT2D eigenvalue weighted by Gasteiger charge is -2.40. The Morgan fingerprint density at radius 2 is 1.71 bits per heavy atom. The first-order chi connectivity index (χ1) is 13.7. The molecule has 1 N–H and O–H groups in total. The topological polar surface area (TPSA) is 41.9 Å². The molecule has 1 heterocycles. The Balaban J connectivity index is 1.90. The molecule has 28 heavy (non-hydrogen) atoms. The summed E-state index contributed by atoms with van der Waals surface area (Å²) in [5.74, 6) is 0.840. The molecule has 3 rings (SSSR count). The Morgan fingerprint density at radius 3 is 2.32 bits per heavy atom. The molecule has 1 aliphatic heterocycles. The van der Waals surface area contributed by atoms with E-state index in [0.29, 0.717) is 13.0 Å². The minimum absolute atomic E-state index is 0.0146. The minimum atomic E-state index is -0.942. The van der Waals surface area contributed by atoms with Crippen molar-refractivity contribution in [3.05, 3.63) is 65.7 Å². The largest absolute Gasteiger partial charge is 0.494 e. The third kappa shape index (κ3) is 4.93. The summed E-state index contributed by atoms with van der Waals surface area (Å²) >= 11 is 0. The number of morpholine rings is 1. The van der Waals surface area contributed by atoms with Gasteiger partial charge in [0, 0.05) is 25.6 Å². The number of hydrogen-bond acceptors (Lipinski definition) is 4. The van der Waals surface area contributed by atoms with Gasteiger partial charge in [0.05, 0.1) is 25.4 Å². The monoisotopic (exact) mass is 383 g/mol. The van der Waals surface area contributed by atoms with Gasteiger partial charge in [-0.05, 0) is 36.1 Å². The zero-order chi connectivity index (χ0) is 19.8. The average molecular weight is 384 g/mol. The highest BCUT2D eigenvalue weighted by molar-refractivity contribution is 5.35. The summed E-state index contributed by atoms with van der Waals surface area (Å²) < 4.78 is 11.2. The van der Waals surface area contributed by atoms with Gasteiger partial charge in [-0.25, -0.2) is 0 Å². The summed E-state index contributed by atoms with van der Waals surface area (Å²) in [6.07, 6.45) is 1.63. The van der Waals surface area contributed by atoms with E-state index >= 15 is 0 Å². The number of benzene rings is 2. The second-order valence-corrected chi connectivity index (χ2v) is 7.53. The van der Waals surface area contributed by atoms with Gasteiger partial charge < -0.3 is 14.6 Å². The number of rotatable bonds is 9. The molecular formula is C24H33NO3. The van der Waals surface area contributed by atoms with Crippen LogP contribution in [0.15, 0.2) is 54.6 Å². The summed E-state index contributed by atoms with van der Waals surface area (Å²) in [5, 5.41) is 11.9. The van der Waals surface area contributed by atoms with E-state index in [1.807, 2.05) is 30.3 Å². The molecule has 0 aliphatic carbocycles. The van der Waals surface area contributed by atoms with Crippen molar-refractivity contribution in [1.29, 1.82) is 0 Å². The molecule has 1 saturated heterocycles. The molecule has 2 atom stereocenters. The van der Waals surface area contributed by atoms with Gasteiger partial charge >= 0.3 is 0 Å². The second kappa shape index (κ2) is 10.1. The third-order valence-electron chi connectivity index (χ3n) is 5.69. The van der Waals surface area contributed by atoms with E-state index in [1.54, 1.807) is 0 Å². The maximum absolute atomic E-state index is 11.9. The van der Waals surface area contributed by atoms with Crippen LogP contribution in [0.4, 0.5) is 0 Å². The van der Waals surface area contributed by atoms with Gasteiger partial charge in [0.25, 0.3) is 0 Å². The van der Waals surface area contributed by atoms with Crippen LogP contribution in [0.2, 0.25) is 0 Å². The zero-order valence-corrected chi connectivity index (χ0v) is 17.1. The number of ether oxygens (including phenoxy) is 2. The van der Waals surface area contributed by atoms with E-state index in [9.17, 15) is 5.11 Å². The van der Waals surface area contributed by atoms with Gasteiger partial charge in [0.15, 0.2) is 0 Å². The summed E-state index contributed by atoms with van der Waals surface area (Å²) in [5.41, 5.74) is 1.17. The predicted octanol–water partition coefficient (Wildman–Crippen LogP) is 4.19. The molecule has 4 nitrogen and oxygen atoms in total. The maximum atomic E-state index is 11.9. The summed E-state index contributed by atoms with van der Waals surface area (Å²) in [6, 6.07) is 18.4. The molecule has 4 heteroatoms. The van der Waals surface area contributed by atoms with Crippen LogP contribution in [0, 0.1) is 0 Å². The van der Waals surface area contributed by atoms with E-state index in [1.165, 1.54) is 5.56 Å². The Morgan fingerprint density at radius 1 is 1.04 bits per heavy atom. The van der Waals surface area contributed by atoms with Crippen molar-refractivity contribution in [2.24, 2.45) is 0 Å². The molecule has 2 aromatic rings. The fourth-order valence-corrected chi connectivity index (χ4v) is 3.97. The van der Waals surface area contributed by atoms with Gasteiger partial charge in [-0.2, -0.15) is 0 Å². The van der Waals surface area contributed by atoms with Gasteiger partial charge in [-0.3, -0.25) is 4.90 Å². The van der Waals surface area contributed by atoms with E-state index in [0.717, 1.165) is 50.6 Å². The van der Waals surface area contributed by atoms with Crippen LogP contribution in [-0.4, -0.2) is 49.5 Å². The van der Waals surface area contributed by atoms with Crippen molar-refractivity contribution in [1.82, 2.24) is 4.90 Å². The molecule has 0 aromatic heterocycles. The molecule has 1 fully saturated rings. The van der Waals surface area contributed by atoms with E-state index in [4.69, 9.17) is 9.47 Å². The van der Waals surface area contributed by atoms with Gasteiger partial charge in [0.2, 0.25) is 0 Å². The standard InChI is InChI=1S/C24H33NO3/c1-3-16-28-22-12-10-21(11-13-22)24(26,4-2)23(20-8-6-5-7-9-20)19-25-14-17-27-18-15-25/h5-13,23,26H,3-4,14-19H2,1-2H3/t23-,24+/m0/s1. The van der Waals surface area contributed by atoms with Gasteiger partial charge in [0.1, 0.15) is 5.75 Å². The number of aliphatic hydroxyl groups is 1. The van der Waals surface area contributed by atoms with Crippen molar-refractivity contribution >= 4 is 0 Å². The maximum Gasteiger partial charge on any atom is 0.119 e. The number of hydrogen-bond donors (Lipinski definition) is 1. The molecular weight excluding hydrogens is 350 g/mol. The lowest BCUT2D eigenvalue weighted by molar-refractivity contribution is -0.0250. The highest BCUT2D eigenvalue weighted by Gasteiger charge is 2.39. The average Bonchev–Trinajstić information content (AvgIpc) is 2.77. The van der Waals surface area contributed by atoms with Crippen LogP contribution < -0.4 is 4.74 Å². The van der Waals surface area contributed by atoms with Crippen molar-refractivity contribution < 1.29 is 14.6 Å². The fraction of sp³-hybridized carbons (Fsp3) is 0.500. The van der Waals surface area contributed by atoms with Crippen LogP contribution >= 0.6 is 0 Å². The molecule has 1 aliphatic rings. The van der Waals surface area contributed by atoms with Crippen molar-refractivity contribution in [3.63, 3.8) is 0 Å². The molecule has 0 spiro atoms. The number of nitrogens with zero attached hydrogens (tertiary/aromatic N) is 1. The second-order valence-electron chi connectivity index (χ2n) is 7.53. The van der Waals surface area contributed by atoms with Crippen LogP contribution in [-0.2, 0) is 10.3 Å². The van der Waals surface area contributed by atoms with Crippen LogP contribution in [0.25, 0.3) is 0 Å². The molecule has 152 valence electrons. The molecule has 0 bridgehead atoms. The van der Waals surface area contributed by atoms with Crippen molar-refractivity contribution in [3.8, 4) is 5.75 Å². The Labute approximate surface area is 169 Å². The minimum Gasteiger partial charge on any atom is -0.494 e. The molecule has 0 radical (unpaired) electrons. The van der Waals surface area contributed by atoms with Gasteiger partial charge in [-0.1, -0.05) is 56.3 Å². The first-order valence-electron chi connectivity index (χ1n) is 10.5. The van der Waals surface area contributed by atoms with Crippen molar-refractivity contribution in [2.75, 3.05) is 39.5 Å². The smallest absolute Gasteiger partial charge is 0.119 e. The molecule has 0 unspecified atom stereocenters. The van der Waals surface area contributed by atoms with E-state index in [-0.39, 0.29) is 5.92 Å². The summed E-state index contributed by atoms with van der Waals surface area (Å²) in [4.78, 5) is 2.40. The predicted molar refractivity (Wildman–Crippen MR) is 113 cm³/mol. The summed E-state index contributed by atoms with van der Waals surface area (Å²) in [6.45, 7) is 9.02. The van der Waals surface area contributed by atoms with Crippen LogP contribution in [0.1, 0.15) is 43.7 Å². The molecule has 0 amide bonds. The molecule has 0 saturated carbocycles. The lowest BCUT2D eigenvalue weighted by Crippen LogP contribution is -2.44. The molecule has 2 aromatic carbocycles. The fourth-order valence-electron chi connectivity index (χ4n) is 3.97. The van der Waals surface area contributed by atoms with Crippen LogP contribution in [0.5, 0.6) is 5.75 Å². The zero-order valence-electron chi connectivity index (χ0n) is 17.1. The first-order valence-corrected chi connectivity index (χ1v) is 10.5. The van der Waals surface area contributed by atoms with Crippen molar-refractivity contribution in [2.45, 2.75) is 38.2 Å². The van der Waals surface area contributed by atoms with E-state index in [2.05, 4.69) is 43.0 Å². The summed E-state index contributed by atoms with van der Waals surface area (Å²) in [7, 11) is 0. The highest BCUT2D eigenvalue weighted by Crippen LogP contribution is 2.41. The first kappa shape index (κ1) is 20.8. The lowest BCUT2D eigenvalue weighted by atomic mass is 9.75. The Bertz CT molecular complexity index is 698. The van der Waals surface area contributed by atoms with E-state index < -0.39 is 5.60 Å². The van der Waals surface area contributed by atoms with Gasteiger partial charge in [-0.15, -0.1) is 0 Å². The third-order valence-corrected chi connectivity index (χ3v) is 5.69. The Hall–Kier alpha value is -1.88. The normalized spacial score (nSPS) is 18.4. The Kier molecular flexibility index (Phi) is 7.49. The quantitative estimate of drug-likeness (QED) is 0.705. The highest BCUT2D eigenvalue weighted by atomic mass is 16.5. The van der Waals surface area contributed by atoms with Crippen LogP contribution in [0.3, 0.4) is 0 Å².